The summed E-state index contributed by atoms with van der Waals surface area (Å²) in [4.78, 5) is 15.9. The molecule has 1 aromatic carbocycles. The fraction of sp³-hybridized carbons (Fsp3) is 0. The second kappa shape index (κ2) is 6.50. The number of pyridine rings is 1. The Kier molecular flexibility index (Phi) is 4.48. The number of hydrogen-bond donors (Lipinski definition) is 1. The van der Waals surface area contributed by atoms with E-state index < -0.39 is 5.91 Å². The summed E-state index contributed by atoms with van der Waals surface area (Å²) in [5, 5.41) is 12.2. The van der Waals surface area contributed by atoms with Crippen molar-refractivity contribution in [3.8, 4) is 6.07 Å². The number of halogens is 1. The van der Waals surface area contributed by atoms with Crippen LogP contribution in [0, 0.1) is 11.3 Å². The van der Waals surface area contributed by atoms with Crippen molar-refractivity contribution >= 4 is 29.3 Å². The summed E-state index contributed by atoms with van der Waals surface area (Å²) >= 11 is 5.83. The molecule has 0 aliphatic carbocycles. The van der Waals surface area contributed by atoms with E-state index in [-0.39, 0.29) is 5.57 Å². The van der Waals surface area contributed by atoms with Gasteiger partial charge in [-0.15, -0.1) is 0 Å². The summed E-state index contributed by atoms with van der Waals surface area (Å²) < 4.78 is 0. The van der Waals surface area contributed by atoms with Gasteiger partial charge in [-0.2, -0.15) is 5.26 Å². The van der Waals surface area contributed by atoms with Crippen LogP contribution in [0.25, 0.3) is 6.08 Å². The molecule has 0 saturated heterocycles. The highest BCUT2D eigenvalue weighted by molar-refractivity contribution is 6.31. The Morgan fingerprint density at radius 3 is 2.70 bits per heavy atom. The minimum absolute atomic E-state index is 0.0103. The topological polar surface area (TPSA) is 65.8 Å². The molecule has 1 heterocycles. The van der Waals surface area contributed by atoms with Crippen LogP contribution in [0.1, 0.15) is 5.56 Å². The van der Waals surface area contributed by atoms with Gasteiger partial charge in [0.1, 0.15) is 11.6 Å². The van der Waals surface area contributed by atoms with Crippen molar-refractivity contribution < 1.29 is 4.79 Å². The van der Waals surface area contributed by atoms with E-state index in [1.54, 1.807) is 48.8 Å². The van der Waals surface area contributed by atoms with Crippen LogP contribution in [0.2, 0.25) is 5.02 Å². The van der Waals surface area contributed by atoms with E-state index in [4.69, 9.17) is 16.9 Å². The number of benzene rings is 1. The first-order chi connectivity index (χ1) is 9.69. The molecule has 98 valence electrons. The Balaban J connectivity index is 2.19. The molecule has 5 heteroatoms. The van der Waals surface area contributed by atoms with Crippen molar-refractivity contribution in [3.63, 3.8) is 0 Å². The molecule has 2 aromatic rings. The highest BCUT2D eigenvalue weighted by Crippen LogP contribution is 2.16. The zero-order valence-electron chi connectivity index (χ0n) is 10.4. The number of nitrogens with zero attached hydrogens (tertiary/aromatic N) is 2. The van der Waals surface area contributed by atoms with Gasteiger partial charge in [0.15, 0.2) is 0 Å². The van der Waals surface area contributed by atoms with Crippen molar-refractivity contribution in [3.05, 3.63) is 65.0 Å². The number of nitrogens with one attached hydrogen (secondary N) is 1. The average molecular weight is 284 g/mol. The summed E-state index contributed by atoms with van der Waals surface area (Å²) in [6.07, 6.45) is 4.69. The van der Waals surface area contributed by atoms with Crippen LogP contribution in [-0.4, -0.2) is 10.9 Å². The number of hydrogen-bond acceptors (Lipinski definition) is 3. The molecule has 0 aliphatic heterocycles. The maximum Gasteiger partial charge on any atom is 0.266 e. The summed E-state index contributed by atoms with van der Waals surface area (Å²) in [5.74, 6) is -0.480. The molecule has 0 aliphatic rings. The first kappa shape index (κ1) is 13.8. The lowest BCUT2D eigenvalue weighted by molar-refractivity contribution is -0.112. The standard InChI is InChI=1S/C15H10ClN3O/c16-13-2-1-3-14(9-13)19-15(20)12(10-17)8-11-4-6-18-7-5-11/h1-9H,(H,19,20)/b12-8+. The minimum atomic E-state index is -0.480. The van der Waals surface area contributed by atoms with Gasteiger partial charge in [-0.05, 0) is 42.0 Å². The van der Waals surface area contributed by atoms with Crippen molar-refractivity contribution in [1.82, 2.24) is 4.98 Å². The third-order valence-corrected chi connectivity index (χ3v) is 2.70. The number of carbonyl (C=O) groups is 1. The van der Waals surface area contributed by atoms with Crippen molar-refractivity contribution in [1.29, 1.82) is 5.26 Å². The van der Waals surface area contributed by atoms with Crippen molar-refractivity contribution in [2.24, 2.45) is 0 Å². The first-order valence-corrected chi connectivity index (χ1v) is 6.15. The summed E-state index contributed by atoms with van der Waals surface area (Å²) in [5.41, 5.74) is 1.28. The Hall–Kier alpha value is -2.64. The molecule has 2 rings (SSSR count). The molecule has 0 fully saturated rings. The zero-order chi connectivity index (χ0) is 14.4. The number of aromatic nitrogens is 1. The average Bonchev–Trinajstić information content (AvgIpc) is 2.45. The maximum absolute atomic E-state index is 12.0. The Morgan fingerprint density at radius 1 is 1.30 bits per heavy atom. The lowest BCUT2D eigenvalue weighted by Crippen LogP contribution is -2.13. The van der Waals surface area contributed by atoms with Gasteiger partial charge in [0, 0.05) is 23.1 Å². The van der Waals surface area contributed by atoms with E-state index in [1.807, 2.05) is 6.07 Å². The molecule has 1 amide bonds. The highest BCUT2D eigenvalue weighted by atomic mass is 35.5. The third-order valence-electron chi connectivity index (χ3n) is 2.46. The predicted molar refractivity (Wildman–Crippen MR) is 77.9 cm³/mol. The van der Waals surface area contributed by atoms with E-state index >= 15 is 0 Å². The van der Waals surface area contributed by atoms with Gasteiger partial charge in [0.25, 0.3) is 5.91 Å². The molecule has 4 nitrogen and oxygen atoms in total. The molecular weight excluding hydrogens is 274 g/mol. The van der Waals surface area contributed by atoms with Crippen LogP contribution in [0.15, 0.2) is 54.4 Å². The molecule has 0 spiro atoms. The van der Waals surface area contributed by atoms with Gasteiger partial charge in [0.05, 0.1) is 0 Å². The molecule has 0 atom stereocenters. The van der Waals surface area contributed by atoms with Gasteiger partial charge >= 0.3 is 0 Å². The first-order valence-electron chi connectivity index (χ1n) is 5.78. The van der Waals surface area contributed by atoms with Crippen molar-refractivity contribution in [2.45, 2.75) is 0 Å². The maximum atomic E-state index is 12.0. The van der Waals surface area contributed by atoms with Crippen LogP contribution in [-0.2, 0) is 4.79 Å². The number of nitriles is 1. The lowest BCUT2D eigenvalue weighted by atomic mass is 10.1. The molecule has 1 aromatic heterocycles. The fourth-order valence-corrected chi connectivity index (χ4v) is 1.73. The Bertz CT molecular complexity index is 690. The molecule has 0 radical (unpaired) electrons. The van der Waals surface area contributed by atoms with E-state index in [0.29, 0.717) is 10.7 Å². The number of anilines is 1. The monoisotopic (exact) mass is 283 g/mol. The summed E-state index contributed by atoms with van der Waals surface area (Å²) in [7, 11) is 0. The summed E-state index contributed by atoms with van der Waals surface area (Å²) in [6, 6.07) is 12.0. The molecule has 1 N–H and O–H groups in total. The van der Waals surface area contributed by atoms with Crippen LogP contribution in [0.4, 0.5) is 5.69 Å². The van der Waals surface area contributed by atoms with Gasteiger partial charge in [-0.3, -0.25) is 9.78 Å². The zero-order valence-corrected chi connectivity index (χ0v) is 11.1. The third kappa shape index (κ3) is 3.67. The second-order valence-electron chi connectivity index (χ2n) is 3.91. The van der Waals surface area contributed by atoms with E-state index in [9.17, 15) is 4.79 Å². The molecule has 0 unspecified atom stereocenters. The van der Waals surface area contributed by atoms with Crippen LogP contribution < -0.4 is 5.32 Å². The number of carbonyl (C=O) groups excluding carboxylic acids is 1. The molecule has 0 saturated carbocycles. The van der Waals surface area contributed by atoms with Crippen molar-refractivity contribution in [2.75, 3.05) is 5.32 Å². The second-order valence-corrected chi connectivity index (χ2v) is 4.35. The lowest BCUT2D eigenvalue weighted by Gasteiger charge is -2.04. The van der Waals surface area contributed by atoms with Crippen LogP contribution in [0.5, 0.6) is 0 Å². The highest BCUT2D eigenvalue weighted by Gasteiger charge is 2.09. The van der Waals surface area contributed by atoms with E-state index in [1.165, 1.54) is 6.08 Å². The van der Waals surface area contributed by atoms with Gasteiger partial charge < -0.3 is 5.32 Å². The quantitative estimate of drug-likeness (QED) is 0.694. The number of rotatable bonds is 3. The largest absolute Gasteiger partial charge is 0.321 e. The van der Waals surface area contributed by atoms with Crippen LogP contribution >= 0.6 is 11.6 Å². The molecular formula is C15H10ClN3O. The normalized spacial score (nSPS) is 10.7. The Labute approximate surface area is 121 Å². The molecule has 0 bridgehead atoms. The fourth-order valence-electron chi connectivity index (χ4n) is 1.54. The van der Waals surface area contributed by atoms with Gasteiger partial charge in [0.2, 0.25) is 0 Å². The number of amides is 1. The minimum Gasteiger partial charge on any atom is -0.321 e. The van der Waals surface area contributed by atoms with E-state index in [2.05, 4.69) is 10.3 Å². The Morgan fingerprint density at radius 2 is 2.05 bits per heavy atom. The van der Waals surface area contributed by atoms with Crippen LogP contribution in [0.3, 0.4) is 0 Å². The van der Waals surface area contributed by atoms with Gasteiger partial charge in [-0.1, -0.05) is 17.7 Å². The predicted octanol–water partition coefficient (Wildman–Crippen LogP) is 3.28. The summed E-state index contributed by atoms with van der Waals surface area (Å²) in [6.45, 7) is 0. The smallest absolute Gasteiger partial charge is 0.266 e. The van der Waals surface area contributed by atoms with Gasteiger partial charge in [-0.25, -0.2) is 0 Å². The van der Waals surface area contributed by atoms with E-state index in [0.717, 1.165) is 5.56 Å². The SMILES string of the molecule is N#C/C(=C\c1ccncc1)C(=O)Nc1cccc(Cl)c1. The molecule has 20 heavy (non-hydrogen) atoms.